The van der Waals surface area contributed by atoms with Crippen molar-refractivity contribution in [1.29, 1.82) is 0 Å². The Hall–Kier alpha value is -1.03. The summed E-state index contributed by atoms with van der Waals surface area (Å²) in [6.45, 7) is 4.65. The number of likely N-dealkylation sites (tertiary alicyclic amines) is 1. The zero-order chi connectivity index (χ0) is 11.7. The molecule has 4 nitrogen and oxygen atoms in total. The van der Waals surface area contributed by atoms with E-state index in [0.29, 0.717) is 23.3 Å². The molecule has 1 saturated heterocycles. The highest BCUT2D eigenvalue weighted by atomic mass is 35.5. The normalized spacial score (nSPS) is 25.1. The van der Waals surface area contributed by atoms with Gasteiger partial charge >= 0.3 is 0 Å². The molecule has 1 amide bonds. The van der Waals surface area contributed by atoms with Crippen LogP contribution in [0.1, 0.15) is 29.6 Å². The molecule has 2 atom stereocenters. The fourth-order valence-corrected chi connectivity index (χ4v) is 2.58. The Morgan fingerprint density at radius 2 is 2.50 bits per heavy atom. The summed E-state index contributed by atoms with van der Waals surface area (Å²) in [5.41, 5.74) is 0.377. The van der Waals surface area contributed by atoms with Crippen LogP contribution >= 0.6 is 11.6 Å². The molecule has 2 unspecified atom stereocenters. The standard InChI is InChI=1S/C11H15ClN2O2/c1-7-3-4-14(10(7)6-12)11(15)9-5-8(2)16-13-9/h5,7,10H,3-4,6H2,1-2H3. The largest absolute Gasteiger partial charge is 0.361 e. The molecule has 0 spiro atoms. The smallest absolute Gasteiger partial charge is 0.276 e. The lowest BCUT2D eigenvalue weighted by molar-refractivity contribution is 0.0726. The van der Waals surface area contributed by atoms with Crippen molar-refractivity contribution in [2.75, 3.05) is 12.4 Å². The van der Waals surface area contributed by atoms with E-state index in [-0.39, 0.29) is 11.9 Å². The third-order valence-electron chi connectivity index (χ3n) is 3.15. The van der Waals surface area contributed by atoms with E-state index >= 15 is 0 Å². The van der Waals surface area contributed by atoms with Crippen molar-refractivity contribution in [1.82, 2.24) is 10.1 Å². The first-order valence-electron chi connectivity index (χ1n) is 5.43. The minimum atomic E-state index is -0.0770. The van der Waals surface area contributed by atoms with Crippen LogP contribution in [-0.4, -0.2) is 34.4 Å². The summed E-state index contributed by atoms with van der Waals surface area (Å²) in [5, 5.41) is 3.74. The van der Waals surface area contributed by atoms with E-state index in [9.17, 15) is 4.79 Å². The average Bonchev–Trinajstić information content (AvgIpc) is 2.83. The van der Waals surface area contributed by atoms with Gasteiger partial charge in [-0.25, -0.2) is 0 Å². The van der Waals surface area contributed by atoms with E-state index < -0.39 is 0 Å². The third kappa shape index (κ3) is 1.94. The lowest BCUT2D eigenvalue weighted by atomic mass is 10.1. The summed E-state index contributed by atoms with van der Waals surface area (Å²) in [7, 11) is 0. The van der Waals surface area contributed by atoms with E-state index in [2.05, 4.69) is 12.1 Å². The second kappa shape index (κ2) is 4.45. The van der Waals surface area contributed by atoms with Crippen molar-refractivity contribution in [2.45, 2.75) is 26.3 Å². The van der Waals surface area contributed by atoms with E-state index in [1.54, 1.807) is 17.9 Å². The van der Waals surface area contributed by atoms with E-state index in [4.69, 9.17) is 16.1 Å². The average molecular weight is 243 g/mol. The van der Waals surface area contributed by atoms with Gasteiger partial charge in [-0.3, -0.25) is 4.79 Å². The molecule has 2 rings (SSSR count). The van der Waals surface area contributed by atoms with Crippen molar-refractivity contribution in [2.24, 2.45) is 5.92 Å². The van der Waals surface area contributed by atoms with Crippen molar-refractivity contribution < 1.29 is 9.32 Å². The van der Waals surface area contributed by atoms with Crippen LogP contribution in [0, 0.1) is 12.8 Å². The predicted octanol–water partition coefficient (Wildman–Crippen LogP) is 2.07. The molecule has 0 radical (unpaired) electrons. The van der Waals surface area contributed by atoms with Crippen LogP contribution in [0.4, 0.5) is 0 Å². The molecule has 0 saturated carbocycles. The minimum absolute atomic E-state index is 0.0770. The number of hydrogen-bond acceptors (Lipinski definition) is 3. The maximum Gasteiger partial charge on any atom is 0.276 e. The summed E-state index contributed by atoms with van der Waals surface area (Å²) < 4.78 is 4.91. The zero-order valence-electron chi connectivity index (χ0n) is 9.44. The first-order valence-corrected chi connectivity index (χ1v) is 5.97. The first-order chi connectivity index (χ1) is 7.63. The van der Waals surface area contributed by atoms with Gasteiger partial charge in [0.15, 0.2) is 5.69 Å². The fraction of sp³-hybridized carbons (Fsp3) is 0.636. The molecule has 88 valence electrons. The number of aryl methyl sites for hydroxylation is 1. The van der Waals surface area contributed by atoms with Gasteiger partial charge in [0.2, 0.25) is 0 Å². The summed E-state index contributed by atoms with van der Waals surface area (Å²) in [5.74, 6) is 1.50. The Bertz CT molecular complexity index is 391. The van der Waals surface area contributed by atoms with Crippen LogP contribution in [0.3, 0.4) is 0 Å². The van der Waals surface area contributed by atoms with Gasteiger partial charge in [0.25, 0.3) is 5.91 Å². The molecule has 0 aliphatic carbocycles. The topological polar surface area (TPSA) is 46.3 Å². The highest BCUT2D eigenvalue weighted by Crippen LogP contribution is 2.26. The number of hydrogen-bond donors (Lipinski definition) is 0. The van der Waals surface area contributed by atoms with E-state index in [1.807, 2.05) is 0 Å². The number of carbonyl (C=O) groups excluding carboxylic acids is 1. The number of nitrogens with zero attached hydrogens (tertiary/aromatic N) is 2. The molecule has 0 bridgehead atoms. The SMILES string of the molecule is Cc1cc(C(=O)N2CCC(C)C2CCl)no1. The van der Waals surface area contributed by atoms with Gasteiger partial charge in [-0.05, 0) is 19.3 Å². The van der Waals surface area contributed by atoms with E-state index in [1.165, 1.54) is 0 Å². The first kappa shape index (κ1) is 11.5. The molecule has 0 aromatic carbocycles. The number of rotatable bonds is 2. The van der Waals surface area contributed by atoms with Gasteiger partial charge < -0.3 is 9.42 Å². The van der Waals surface area contributed by atoms with Gasteiger partial charge in [-0.2, -0.15) is 0 Å². The van der Waals surface area contributed by atoms with E-state index in [0.717, 1.165) is 13.0 Å². The molecule has 1 aromatic heterocycles. The summed E-state index contributed by atoms with van der Waals surface area (Å²) in [6.07, 6.45) is 1.000. The van der Waals surface area contributed by atoms with Crippen molar-refractivity contribution >= 4 is 17.5 Å². The molecular weight excluding hydrogens is 228 g/mol. The maximum absolute atomic E-state index is 12.1. The Labute approximate surface area is 99.5 Å². The van der Waals surface area contributed by atoms with Gasteiger partial charge in [0, 0.05) is 24.5 Å². The molecule has 5 heteroatoms. The Kier molecular flexibility index (Phi) is 3.19. The third-order valence-corrected chi connectivity index (χ3v) is 3.46. The van der Waals surface area contributed by atoms with Gasteiger partial charge in [0.1, 0.15) is 5.76 Å². The predicted molar refractivity (Wildman–Crippen MR) is 60.6 cm³/mol. The van der Waals surface area contributed by atoms with Crippen LogP contribution in [0.25, 0.3) is 0 Å². The molecule has 1 aliphatic heterocycles. The summed E-state index contributed by atoms with van der Waals surface area (Å²) in [4.78, 5) is 13.9. The lowest BCUT2D eigenvalue weighted by Gasteiger charge is -2.23. The molecule has 2 heterocycles. The van der Waals surface area contributed by atoms with Gasteiger partial charge in [-0.15, -0.1) is 11.6 Å². The van der Waals surface area contributed by atoms with Crippen LogP contribution in [-0.2, 0) is 0 Å². The highest BCUT2D eigenvalue weighted by molar-refractivity contribution is 6.18. The number of carbonyl (C=O) groups is 1. The minimum Gasteiger partial charge on any atom is -0.361 e. The number of alkyl halides is 1. The molecule has 1 aromatic rings. The quantitative estimate of drug-likeness (QED) is 0.746. The molecule has 16 heavy (non-hydrogen) atoms. The second-order valence-electron chi connectivity index (χ2n) is 4.31. The van der Waals surface area contributed by atoms with Crippen LogP contribution < -0.4 is 0 Å². The molecular formula is C11H15ClN2O2. The molecule has 0 N–H and O–H groups in total. The second-order valence-corrected chi connectivity index (χ2v) is 4.62. The molecule has 1 fully saturated rings. The van der Waals surface area contributed by atoms with Crippen molar-refractivity contribution in [3.63, 3.8) is 0 Å². The number of halogens is 1. The fourth-order valence-electron chi connectivity index (χ4n) is 2.11. The molecule has 1 aliphatic rings. The Morgan fingerprint density at radius 3 is 3.06 bits per heavy atom. The zero-order valence-corrected chi connectivity index (χ0v) is 10.2. The number of amides is 1. The van der Waals surface area contributed by atoms with Gasteiger partial charge in [0.05, 0.1) is 0 Å². The Morgan fingerprint density at radius 1 is 1.75 bits per heavy atom. The Balaban J connectivity index is 2.16. The summed E-state index contributed by atoms with van der Waals surface area (Å²) in [6, 6.07) is 1.78. The van der Waals surface area contributed by atoms with Crippen LogP contribution in [0.5, 0.6) is 0 Å². The van der Waals surface area contributed by atoms with Crippen molar-refractivity contribution in [3.05, 3.63) is 17.5 Å². The van der Waals surface area contributed by atoms with Crippen LogP contribution in [0.2, 0.25) is 0 Å². The highest BCUT2D eigenvalue weighted by Gasteiger charge is 2.35. The lowest BCUT2D eigenvalue weighted by Crippen LogP contribution is -2.38. The van der Waals surface area contributed by atoms with Crippen molar-refractivity contribution in [3.8, 4) is 0 Å². The monoisotopic (exact) mass is 242 g/mol. The maximum atomic E-state index is 12.1. The summed E-state index contributed by atoms with van der Waals surface area (Å²) >= 11 is 5.90. The van der Waals surface area contributed by atoms with Crippen LogP contribution in [0.15, 0.2) is 10.6 Å². The van der Waals surface area contributed by atoms with Gasteiger partial charge in [-0.1, -0.05) is 12.1 Å². The number of aromatic nitrogens is 1.